The third-order valence-corrected chi connectivity index (χ3v) is 5.02. The average molecular weight is 420 g/mol. The summed E-state index contributed by atoms with van der Waals surface area (Å²) in [7, 11) is 1.91. The summed E-state index contributed by atoms with van der Waals surface area (Å²) in [5.41, 5.74) is 4.08. The monoisotopic (exact) mass is 418 g/mol. The summed E-state index contributed by atoms with van der Waals surface area (Å²) in [6, 6.07) is 7.78. The molecular weight excluding hydrogens is 395 g/mol. The molecule has 0 aliphatic carbocycles. The van der Waals surface area contributed by atoms with Crippen molar-refractivity contribution in [1.82, 2.24) is 20.0 Å². The predicted molar refractivity (Wildman–Crippen MR) is 110 cm³/mol. The maximum Gasteiger partial charge on any atom is 0.227 e. The van der Waals surface area contributed by atoms with Crippen molar-refractivity contribution in [2.75, 3.05) is 19.6 Å². The molecule has 1 fully saturated rings. The van der Waals surface area contributed by atoms with Gasteiger partial charge in [0.1, 0.15) is 0 Å². The van der Waals surface area contributed by atoms with Gasteiger partial charge in [0.2, 0.25) is 5.91 Å². The van der Waals surface area contributed by atoms with Crippen molar-refractivity contribution in [1.29, 1.82) is 0 Å². The van der Waals surface area contributed by atoms with Gasteiger partial charge in [-0.1, -0.05) is 23.7 Å². The van der Waals surface area contributed by atoms with Gasteiger partial charge in [-0.2, -0.15) is 5.10 Å². The number of nitrogens with zero attached hydrogens (tertiary/aromatic N) is 3. The minimum atomic E-state index is 0. The van der Waals surface area contributed by atoms with E-state index in [1.165, 1.54) is 0 Å². The molecule has 1 aliphatic rings. The van der Waals surface area contributed by atoms with E-state index in [0.29, 0.717) is 18.0 Å². The molecule has 8 heteroatoms. The van der Waals surface area contributed by atoms with E-state index in [4.69, 9.17) is 11.6 Å². The standard InChI is InChI=1S/C18H23ClN4O.2ClH/c1-12-16(13(2)22(3)21-12)10-18(24)23-8-7-20-11-17(23)14-5-4-6-15(19)9-14;;/h4-6,9,17,20H,7-8,10-11H2,1-3H3;2*1H. The first kappa shape index (κ1) is 22.8. The molecule has 1 aromatic heterocycles. The topological polar surface area (TPSA) is 50.2 Å². The van der Waals surface area contributed by atoms with Gasteiger partial charge < -0.3 is 10.2 Å². The lowest BCUT2D eigenvalue weighted by Crippen LogP contribution is -2.49. The number of benzene rings is 1. The molecule has 1 aromatic carbocycles. The Bertz CT molecular complexity index is 763. The number of aromatic nitrogens is 2. The highest BCUT2D eigenvalue weighted by molar-refractivity contribution is 6.30. The van der Waals surface area contributed by atoms with Crippen molar-refractivity contribution in [3.63, 3.8) is 0 Å². The van der Waals surface area contributed by atoms with Crippen LogP contribution in [0.25, 0.3) is 0 Å². The molecule has 144 valence electrons. The SMILES string of the molecule is Cc1nn(C)c(C)c1CC(=O)N1CCNCC1c1cccc(Cl)c1.Cl.Cl. The van der Waals surface area contributed by atoms with Crippen LogP contribution in [-0.4, -0.2) is 40.2 Å². The molecule has 2 heterocycles. The first-order chi connectivity index (χ1) is 11.5. The van der Waals surface area contributed by atoms with E-state index in [1.807, 2.05) is 54.7 Å². The highest BCUT2D eigenvalue weighted by Gasteiger charge is 2.29. The van der Waals surface area contributed by atoms with Gasteiger partial charge in [-0.05, 0) is 31.5 Å². The van der Waals surface area contributed by atoms with Gasteiger partial charge in [0.15, 0.2) is 0 Å². The number of piperazine rings is 1. The number of aryl methyl sites for hydroxylation is 2. The molecule has 0 radical (unpaired) electrons. The molecule has 2 aromatic rings. The summed E-state index contributed by atoms with van der Waals surface area (Å²) in [5, 5.41) is 8.49. The van der Waals surface area contributed by atoms with Crippen LogP contribution in [0, 0.1) is 13.8 Å². The van der Waals surface area contributed by atoms with Crippen LogP contribution in [0.3, 0.4) is 0 Å². The van der Waals surface area contributed by atoms with Gasteiger partial charge >= 0.3 is 0 Å². The summed E-state index contributed by atoms with van der Waals surface area (Å²) in [5.74, 6) is 0.140. The molecule has 3 rings (SSSR count). The fourth-order valence-corrected chi connectivity index (χ4v) is 3.54. The van der Waals surface area contributed by atoms with Crippen molar-refractivity contribution in [3.05, 3.63) is 51.8 Å². The van der Waals surface area contributed by atoms with E-state index < -0.39 is 0 Å². The summed E-state index contributed by atoms with van der Waals surface area (Å²) in [6.45, 7) is 6.23. The second kappa shape index (κ2) is 9.60. The van der Waals surface area contributed by atoms with Crippen LogP contribution in [-0.2, 0) is 18.3 Å². The quantitative estimate of drug-likeness (QED) is 0.831. The molecule has 1 amide bonds. The Morgan fingerprint density at radius 3 is 2.69 bits per heavy atom. The summed E-state index contributed by atoms with van der Waals surface area (Å²) in [4.78, 5) is 14.9. The molecule has 26 heavy (non-hydrogen) atoms. The van der Waals surface area contributed by atoms with Crippen molar-refractivity contribution in [3.8, 4) is 0 Å². The zero-order valence-electron chi connectivity index (χ0n) is 15.2. The Kier molecular flexibility index (Phi) is 8.41. The summed E-state index contributed by atoms with van der Waals surface area (Å²) in [6.07, 6.45) is 0.391. The maximum atomic E-state index is 13.0. The molecule has 1 atom stereocenters. The van der Waals surface area contributed by atoms with E-state index in [9.17, 15) is 4.79 Å². The van der Waals surface area contributed by atoms with Crippen LogP contribution in [0.5, 0.6) is 0 Å². The third-order valence-electron chi connectivity index (χ3n) is 4.78. The normalized spacial score (nSPS) is 16.6. The number of nitrogens with one attached hydrogen (secondary N) is 1. The first-order valence-corrected chi connectivity index (χ1v) is 8.60. The van der Waals surface area contributed by atoms with Crippen molar-refractivity contribution in [2.45, 2.75) is 26.3 Å². The van der Waals surface area contributed by atoms with Crippen molar-refractivity contribution >= 4 is 42.3 Å². The molecule has 1 aliphatic heterocycles. The van der Waals surface area contributed by atoms with E-state index in [1.54, 1.807) is 0 Å². The predicted octanol–water partition coefficient (Wildman–Crippen LogP) is 3.25. The molecule has 1 saturated heterocycles. The molecular formula is C18H25Cl3N4O. The largest absolute Gasteiger partial charge is 0.333 e. The van der Waals surface area contributed by atoms with Gasteiger partial charge in [0, 0.05) is 43.0 Å². The lowest BCUT2D eigenvalue weighted by molar-refractivity contribution is -0.133. The molecule has 0 spiro atoms. The Morgan fingerprint density at radius 1 is 1.35 bits per heavy atom. The summed E-state index contributed by atoms with van der Waals surface area (Å²) < 4.78 is 1.84. The fraction of sp³-hybridized carbons (Fsp3) is 0.444. The minimum absolute atomic E-state index is 0. The number of carbonyl (C=O) groups excluding carboxylic acids is 1. The molecule has 0 bridgehead atoms. The minimum Gasteiger partial charge on any atom is -0.333 e. The fourth-order valence-electron chi connectivity index (χ4n) is 3.34. The zero-order chi connectivity index (χ0) is 17.3. The van der Waals surface area contributed by atoms with Crippen molar-refractivity contribution in [2.24, 2.45) is 7.05 Å². The number of carbonyl (C=O) groups is 1. The van der Waals surface area contributed by atoms with Crippen LogP contribution < -0.4 is 5.32 Å². The van der Waals surface area contributed by atoms with Gasteiger partial charge in [0.05, 0.1) is 18.2 Å². The second-order valence-electron chi connectivity index (χ2n) is 6.31. The van der Waals surface area contributed by atoms with Crippen LogP contribution in [0.15, 0.2) is 24.3 Å². The van der Waals surface area contributed by atoms with Crippen LogP contribution >= 0.6 is 36.4 Å². The molecule has 0 saturated carbocycles. The number of amides is 1. The second-order valence-corrected chi connectivity index (χ2v) is 6.75. The zero-order valence-corrected chi connectivity index (χ0v) is 17.5. The number of hydrogen-bond acceptors (Lipinski definition) is 3. The van der Waals surface area contributed by atoms with Gasteiger partial charge in [-0.25, -0.2) is 0 Å². The number of halogens is 3. The molecule has 1 unspecified atom stereocenters. The first-order valence-electron chi connectivity index (χ1n) is 8.22. The highest BCUT2D eigenvalue weighted by Crippen LogP contribution is 2.26. The van der Waals surface area contributed by atoms with Crippen molar-refractivity contribution < 1.29 is 4.79 Å². The van der Waals surface area contributed by atoms with Gasteiger partial charge in [-0.15, -0.1) is 24.8 Å². The van der Waals surface area contributed by atoms with Crippen LogP contribution in [0.2, 0.25) is 5.02 Å². The van der Waals surface area contributed by atoms with E-state index >= 15 is 0 Å². The Balaban J connectivity index is 0.00000169. The van der Waals surface area contributed by atoms with Crippen LogP contribution in [0.4, 0.5) is 0 Å². The average Bonchev–Trinajstić information content (AvgIpc) is 2.81. The van der Waals surface area contributed by atoms with Gasteiger partial charge in [0.25, 0.3) is 0 Å². The number of rotatable bonds is 3. The Hall–Kier alpha value is -1.27. The van der Waals surface area contributed by atoms with E-state index in [0.717, 1.165) is 35.6 Å². The lowest BCUT2D eigenvalue weighted by atomic mass is 10.0. The maximum absolute atomic E-state index is 13.0. The van der Waals surface area contributed by atoms with Gasteiger partial charge in [-0.3, -0.25) is 9.48 Å². The van der Waals surface area contributed by atoms with Crippen LogP contribution in [0.1, 0.15) is 28.6 Å². The van der Waals surface area contributed by atoms with E-state index in [2.05, 4.69) is 10.4 Å². The third kappa shape index (κ3) is 4.71. The molecule has 1 N–H and O–H groups in total. The Morgan fingerprint density at radius 2 is 2.08 bits per heavy atom. The highest BCUT2D eigenvalue weighted by atomic mass is 35.5. The van der Waals surface area contributed by atoms with E-state index in [-0.39, 0.29) is 36.8 Å². The summed E-state index contributed by atoms with van der Waals surface area (Å²) >= 11 is 6.13. The molecule has 5 nitrogen and oxygen atoms in total. The number of hydrogen-bond donors (Lipinski definition) is 1. The lowest BCUT2D eigenvalue weighted by Gasteiger charge is -2.36. The Labute approximate surface area is 171 Å². The smallest absolute Gasteiger partial charge is 0.227 e.